The fourth-order valence-electron chi connectivity index (χ4n) is 1.46. The number of amides is 3. The molecular weight excluding hydrogens is 212 g/mol. The molecule has 0 aromatic heterocycles. The van der Waals surface area contributed by atoms with Gasteiger partial charge in [0.15, 0.2) is 0 Å². The lowest BCUT2D eigenvalue weighted by molar-refractivity contribution is -0.115. The summed E-state index contributed by atoms with van der Waals surface area (Å²) in [6.45, 7) is -0.0594. The molecule has 1 aromatic carbocycles. The van der Waals surface area contributed by atoms with Crippen molar-refractivity contribution >= 4 is 23.6 Å². The van der Waals surface area contributed by atoms with Crippen molar-refractivity contribution in [3.8, 4) is 0 Å². The summed E-state index contributed by atoms with van der Waals surface area (Å²) in [5.74, 6) is -1.50. The van der Waals surface area contributed by atoms with Crippen LogP contribution in [0.4, 0.5) is 10.5 Å². The lowest BCUT2D eigenvalue weighted by Gasteiger charge is -2.12. The van der Waals surface area contributed by atoms with Crippen LogP contribution in [0.15, 0.2) is 24.3 Å². The van der Waals surface area contributed by atoms with Gasteiger partial charge in [-0.2, -0.15) is 0 Å². The lowest BCUT2D eigenvalue weighted by atomic mass is 10.2. The molecule has 2 N–H and O–H groups in total. The first-order chi connectivity index (χ1) is 7.59. The Bertz CT molecular complexity index is 467. The van der Waals surface area contributed by atoms with Gasteiger partial charge in [0.1, 0.15) is 0 Å². The summed E-state index contributed by atoms with van der Waals surface area (Å²) in [4.78, 5) is 34.3. The topological polar surface area (TPSA) is 86.7 Å². The molecule has 1 aliphatic rings. The molecule has 82 valence electrons. The Balaban J connectivity index is 2.40. The number of aromatic carboxylic acids is 1. The molecule has 0 bridgehead atoms. The smallest absolute Gasteiger partial charge is 0.335 e. The second-order valence-electron chi connectivity index (χ2n) is 3.24. The molecule has 1 heterocycles. The van der Waals surface area contributed by atoms with Crippen molar-refractivity contribution in [2.75, 3.05) is 11.4 Å². The number of nitrogens with one attached hydrogen (secondary N) is 1. The zero-order chi connectivity index (χ0) is 11.7. The average molecular weight is 220 g/mol. The quantitative estimate of drug-likeness (QED) is 0.708. The number of rotatable bonds is 2. The van der Waals surface area contributed by atoms with Gasteiger partial charge in [0.2, 0.25) is 0 Å². The maximum atomic E-state index is 11.4. The summed E-state index contributed by atoms with van der Waals surface area (Å²) in [5, 5.41) is 11.1. The number of nitrogens with zero attached hydrogens (tertiary/aromatic N) is 1. The van der Waals surface area contributed by atoms with Crippen molar-refractivity contribution in [3.63, 3.8) is 0 Å². The van der Waals surface area contributed by atoms with E-state index in [0.29, 0.717) is 0 Å². The Morgan fingerprint density at radius 3 is 2.69 bits per heavy atom. The first-order valence-corrected chi connectivity index (χ1v) is 4.54. The van der Waals surface area contributed by atoms with Crippen LogP contribution in [0.1, 0.15) is 10.4 Å². The third-order valence-corrected chi connectivity index (χ3v) is 2.19. The Labute approximate surface area is 90.5 Å². The van der Waals surface area contributed by atoms with Gasteiger partial charge in [-0.1, -0.05) is 6.07 Å². The van der Waals surface area contributed by atoms with Crippen LogP contribution in [-0.2, 0) is 4.79 Å². The Kier molecular flexibility index (Phi) is 2.32. The molecule has 1 fully saturated rings. The first-order valence-electron chi connectivity index (χ1n) is 4.54. The summed E-state index contributed by atoms with van der Waals surface area (Å²) in [7, 11) is 0. The molecule has 16 heavy (non-hydrogen) atoms. The van der Waals surface area contributed by atoms with Gasteiger partial charge in [-0.05, 0) is 18.2 Å². The highest BCUT2D eigenvalue weighted by Crippen LogP contribution is 2.18. The molecule has 0 saturated carbocycles. The third-order valence-electron chi connectivity index (χ3n) is 2.19. The molecule has 0 radical (unpaired) electrons. The Morgan fingerprint density at radius 1 is 1.38 bits per heavy atom. The summed E-state index contributed by atoms with van der Waals surface area (Å²) < 4.78 is 0. The van der Waals surface area contributed by atoms with Crippen LogP contribution < -0.4 is 10.2 Å². The van der Waals surface area contributed by atoms with E-state index in [4.69, 9.17) is 5.11 Å². The number of carboxylic acid groups (broad SMARTS) is 1. The van der Waals surface area contributed by atoms with Crippen LogP contribution in [-0.4, -0.2) is 29.6 Å². The van der Waals surface area contributed by atoms with Crippen LogP contribution >= 0.6 is 0 Å². The van der Waals surface area contributed by atoms with E-state index in [-0.39, 0.29) is 17.8 Å². The fourth-order valence-corrected chi connectivity index (χ4v) is 1.46. The number of carboxylic acids is 1. The number of benzene rings is 1. The zero-order valence-electron chi connectivity index (χ0n) is 8.14. The molecule has 1 aliphatic heterocycles. The molecule has 6 nitrogen and oxygen atoms in total. The van der Waals surface area contributed by atoms with Crippen molar-refractivity contribution in [1.29, 1.82) is 0 Å². The van der Waals surface area contributed by atoms with E-state index in [9.17, 15) is 14.4 Å². The van der Waals surface area contributed by atoms with Crippen LogP contribution in [0, 0.1) is 0 Å². The van der Waals surface area contributed by atoms with Gasteiger partial charge in [-0.3, -0.25) is 4.79 Å². The molecule has 3 amide bonds. The lowest BCUT2D eigenvalue weighted by Crippen LogP contribution is -2.30. The fraction of sp³-hybridized carbons (Fsp3) is 0.100. The van der Waals surface area contributed by atoms with Gasteiger partial charge in [0.05, 0.1) is 17.8 Å². The monoisotopic (exact) mass is 220 g/mol. The van der Waals surface area contributed by atoms with Crippen molar-refractivity contribution in [3.05, 3.63) is 29.8 Å². The molecule has 1 aromatic rings. The number of anilines is 1. The second kappa shape index (κ2) is 3.65. The predicted octanol–water partition coefficient (Wildman–Crippen LogP) is 0.441. The van der Waals surface area contributed by atoms with E-state index < -0.39 is 17.9 Å². The summed E-state index contributed by atoms with van der Waals surface area (Å²) >= 11 is 0. The predicted molar refractivity (Wildman–Crippen MR) is 54.3 cm³/mol. The minimum atomic E-state index is -1.10. The van der Waals surface area contributed by atoms with Crippen LogP contribution in [0.25, 0.3) is 0 Å². The molecule has 0 atom stereocenters. The van der Waals surface area contributed by atoms with Crippen molar-refractivity contribution in [2.45, 2.75) is 0 Å². The van der Waals surface area contributed by atoms with Gasteiger partial charge >= 0.3 is 12.0 Å². The van der Waals surface area contributed by atoms with E-state index in [0.717, 1.165) is 4.90 Å². The third kappa shape index (κ3) is 1.60. The first kappa shape index (κ1) is 10.2. The number of urea groups is 1. The van der Waals surface area contributed by atoms with Crippen LogP contribution in [0.2, 0.25) is 0 Å². The highest BCUT2D eigenvalue weighted by molar-refractivity contribution is 6.20. The summed E-state index contributed by atoms with van der Waals surface area (Å²) in [6, 6.07) is 5.13. The number of carbonyl (C=O) groups excluding carboxylic acids is 2. The number of imide groups is 1. The number of hydrogen-bond donors (Lipinski definition) is 2. The molecule has 6 heteroatoms. The highest BCUT2D eigenvalue weighted by Gasteiger charge is 2.30. The molecule has 2 rings (SSSR count). The standard InChI is InChI=1S/C10H8N2O4/c13-8-5-11-10(16)12(8)7-3-1-2-6(4-7)9(14)15/h1-4H,5H2,(H,11,16)(H,14,15). The molecule has 1 saturated heterocycles. The molecular formula is C10H8N2O4. The maximum Gasteiger partial charge on any atom is 0.335 e. The van der Waals surface area contributed by atoms with Crippen molar-refractivity contribution in [2.24, 2.45) is 0 Å². The van der Waals surface area contributed by atoms with Crippen molar-refractivity contribution in [1.82, 2.24) is 5.32 Å². The van der Waals surface area contributed by atoms with Gasteiger partial charge in [0, 0.05) is 0 Å². The SMILES string of the molecule is O=C(O)c1cccc(N2C(=O)CNC2=O)c1. The maximum absolute atomic E-state index is 11.4. The highest BCUT2D eigenvalue weighted by atomic mass is 16.4. The average Bonchev–Trinajstić information content (AvgIpc) is 2.59. The van der Waals surface area contributed by atoms with Gasteiger partial charge < -0.3 is 10.4 Å². The van der Waals surface area contributed by atoms with Crippen molar-refractivity contribution < 1.29 is 19.5 Å². The van der Waals surface area contributed by atoms with Crippen LogP contribution in [0.5, 0.6) is 0 Å². The van der Waals surface area contributed by atoms with E-state index >= 15 is 0 Å². The van der Waals surface area contributed by atoms with E-state index in [1.165, 1.54) is 24.3 Å². The second-order valence-corrected chi connectivity index (χ2v) is 3.24. The van der Waals surface area contributed by atoms with Crippen LogP contribution in [0.3, 0.4) is 0 Å². The normalized spacial score (nSPS) is 15.1. The summed E-state index contributed by atoms with van der Waals surface area (Å²) in [5.41, 5.74) is 0.296. The van der Waals surface area contributed by atoms with E-state index in [2.05, 4.69) is 5.32 Å². The molecule has 0 spiro atoms. The van der Waals surface area contributed by atoms with E-state index in [1.807, 2.05) is 0 Å². The number of hydrogen-bond acceptors (Lipinski definition) is 3. The van der Waals surface area contributed by atoms with E-state index in [1.54, 1.807) is 0 Å². The minimum absolute atomic E-state index is 0.0324. The zero-order valence-corrected chi connectivity index (χ0v) is 8.14. The minimum Gasteiger partial charge on any atom is -0.478 e. The summed E-state index contributed by atoms with van der Waals surface area (Å²) in [6.07, 6.45) is 0. The van der Waals surface area contributed by atoms with Gasteiger partial charge in [-0.15, -0.1) is 0 Å². The molecule has 0 unspecified atom stereocenters. The largest absolute Gasteiger partial charge is 0.478 e. The van der Waals surface area contributed by atoms with Gasteiger partial charge in [0.25, 0.3) is 5.91 Å². The number of carbonyl (C=O) groups is 3. The Hall–Kier alpha value is -2.37. The van der Waals surface area contributed by atoms with Gasteiger partial charge in [-0.25, -0.2) is 14.5 Å². The molecule has 0 aliphatic carbocycles. The Morgan fingerprint density at radius 2 is 2.12 bits per heavy atom.